The summed E-state index contributed by atoms with van der Waals surface area (Å²) in [4.78, 5) is 19.0. The lowest BCUT2D eigenvalue weighted by molar-refractivity contribution is 0.262. The number of nitrogens with one attached hydrogen (secondary N) is 1. The van der Waals surface area contributed by atoms with Crippen molar-refractivity contribution < 1.29 is 14.7 Å². The van der Waals surface area contributed by atoms with Crippen LogP contribution < -0.4 is 11.1 Å². The first-order chi connectivity index (χ1) is 6.00. The molecule has 7 heteroatoms. The maximum Gasteiger partial charge on any atom is 0.276 e. The van der Waals surface area contributed by atoms with Crippen LogP contribution in [0.5, 0.6) is 0 Å². The third kappa shape index (κ3) is 88.7. The molecule has 0 aliphatic carbocycles. The number of hydrogen-bond acceptors (Lipinski definition) is 3. The van der Waals surface area contributed by atoms with E-state index < -0.39 is 5.24 Å². The molecule has 0 spiro atoms. The maximum atomic E-state index is 9.91. The molecule has 2 amide bonds. The Morgan fingerprint density at radius 1 is 1.54 bits per heavy atom. The summed E-state index contributed by atoms with van der Waals surface area (Å²) < 4.78 is 0. The van der Waals surface area contributed by atoms with E-state index in [2.05, 4.69) is 42.9 Å². The highest BCUT2D eigenvalue weighted by Crippen LogP contribution is 1.72. The molecule has 0 aromatic carbocycles. The topological polar surface area (TPSA) is 92.4 Å². The van der Waals surface area contributed by atoms with Crippen molar-refractivity contribution in [3.8, 4) is 0 Å². The van der Waals surface area contributed by atoms with Gasteiger partial charge in [0.1, 0.15) is 0 Å². The van der Waals surface area contributed by atoms with Crippen molar-refractivity contribution in [3.63, 3.8) is 0 Å². The molecule has 0 fully saturated rings. The van der Waals surface area contributed by atoms with E-state index in [1.807, 2.05) is 0 Å². The van der Waals surface area contributed by atoms with E-state index >= 15 is 0 Å². The average Bonchev–Trinajstić information content (AvgIpc) is 2.03. The van der Waals surface area contributed by atoms with Crippen molar-refractivity contribution >= 4 is 35.7 Å². The number of primary amides is 1. The second-order valence-electron chi connectivity index (χ2n) is 1.31. The van der Waals surface area contributed by atoms with Crippen molar-refractivity contribution in [2.24, 2.45) is 5.73 Å². The second kappa shape index (κ2) is 17.4. The van der Waals surface area contributed by atoms with Gasteiger partial charge < -0.3 is 16.2 Å². The van der Waals surface area contributed by atoms with Gasteiger partial charge in [-0.25, -0.2) is 0 Å². The Morgan fingerprint density at radius 3 is 1.92 bits per heavy atom. The van der Waals surface area contributed by atoms with Gasteiger partial charge in [0.2, 0.25) is 0 Å². The molecule has 5 nitrogen and oxygen atoms in total. The van der Waals surface area contributed by atoms with Crippen molar-refractivity contribution in [3.05, 3.63) is 12.7 Å². The zero-order valence-corrected chi connectivity index (χ0v) is 9.02. The summed E-state index contributed by atoms with van der Waals surface area (Å²) in [5, 5.41) is 8.44. The quantitative estimate of drug-likeness (QED) is 0.349. The predicted octanol–water partition coefficient (Wildman–Crippen LogP) is 0.415. The maximum absolute atomic E-state index is 9.91. The van der Waals surface area contributed by atoms with E-state index in [-0.39, 0.29) is 5.24 Å². The molecule has 78 valence electrons. The molecule has 0 radical (unpaired) electrons. The van der Waals surface area contributed by atoms with Gasteiger partial charge in [0.05, 0.1) is 0 Å². The largest absolute Gasteiger partial charge is 0.400 e. The van der Waals surface area contributed by atoms with Gasteiger partial charge in [-0.05, 0) is 0 Å². The molecular formula is C6H14N2O3S2. The SMILES string of the molecule is C=CCNC(=O)S.CO.NC(=O)S. The minimum atomic E-state index is -0.639. The number of thiol groups is 2. The van der Waals surface area contributed by atoms with Crippen LogP contribution in [0.4, 0.5) is 9.59 Å². The molecule has 0 aromatic rings. The first kappa shape index (κ1) is 18.2. The lowest BCUT2D eigenvalue weighted by Gasteiger charge is -1.89. The lowest BCUT2D eigenvalue weighted by Crippen LogP contribution is -2.15. The van der Waals surface area contributed by atoms with Gasteiger partial charge in [-0.3, -0.25) is 9.59 Å². The van der Waals surface area contributed by atoms with E-state index in [1.165, 1.54) is 0 Å². The van der Waals surface area contributed by atoms with Crippen LogP contribution in [0.15, 0.2) is 12.7 Å². The van der Waals surface area contributed by atoms with E-state index in [4.69, 9.17) is 9.90 Å². The molecule has 0 saturated carbocycles. The normalized spacial score (nSPS) is 6.46. The first-order valence-electron chi connectivity index (χ1n) is 3.01. The molecule has 4 N–H and O–H groups in total. The van der Waals surface area contributed by atoms with Crippen LogP contribution in [-0.2, 0) is 0 Å². The summed E-state index contributed by atoms with van der Waals surface area (Å²) in [6.45, 7) is 3.87. The zero-order valence-electron chi connectivity index (χ0n) is 7.23. The summed E-state index contributed by atoms with van der Waals surface area (Å²) in [5.74, 6) is 0. The van der Waals surface area contributed by atoms with Gasteiger partial charge >= 0.3 is 0 Å². The Labute approximate surface area is 88.2 Å². The van der Waals surface area contributed by atoms with Crippen molar-refractivity contribution in [2.45, 2.75) is 0 Å². The number of hydrogen-bond donors (Lipinski definition) is 5. The molecule has 0 saturated heterocycles. The Bertz CT molecular complexity index is 149. The summed E-state index contributed by atoms with van der Waals surface area (Å²) in [6.07, 6.45) is 1.59. The van der Waals surface area contributed by atoms with Crippen LogP contribution in [0.25, 0.3) is 0 Å². The minimum Gasteiger partial charge on any atom is -0.400 e. The molecule has 0 aliphatic rings. The second-order valence-corrected chi connectivity index (χ2v) is 2.16. The smallest absolute Gasteiger partial charge is 0.276 e. The fourth-order valence-electron chi connectivity index (χ4n) is 0.159. The van der Waals surface area contributed by atoms with Crippen LogP contribution in [0, 0.1) is 0 Å². The number of carbonyl (C=O) groups is 2. The number of rotatable bonds is 2. The van der Waals surface area contributed by atoms with Gasteiger partial charge in [0.15, 0.2) is 0 Å². The first-order valence-corrected chi connectivity index (χ1v) is 3.91. The zero-order chi connectivity index (χ0) is 11.3. The van der Waals surface area contributed by atoms with Crippen LogP contribution in [0.2, 0.25) is 0 Å². The Kier molecular flexibility index (Phi) is 24.4. The summed E-state index contributed by atoms with van der Waals surface area (Å²) >= 11 is 6.54. The molecule has 0 bridgehead atoms. The number of carbonyl (C=O) groups excluding carboxylic acids is 2. The number of amides is 2. The number of aliphatic hydroxyl groups is 1. The fourth-order valence-corrected chi connectivity index (χ4v) is 0.251. The fraction of sp³-hybridized carbons (Fsp3) is 0.333. The van der Waals surface area contributed by atoms with E-state index in [9.17, 15) is 4.79 Å². The van der Waals surface area contributed by atoms with E-state index in [1.54, 1.807) is 6.08 Å². The molecule has 0 atom stereocenters. The van der Waals surface area contributed by atoms with E-state index in [0.717, 1.165) is 7.11 Å². The number of nitrogens with two attached hydrogens (primary N) is 1. The molecule has 0 aromatic heterocycles. The van der Waals surface area contributed by atoms with Crippen molar-refractivity contribution in [1.82, 2.24) is 5.32 Å². The van der Waals surface area contributed by atoms with Gasteiger partial charge in [0, 0.05) is 13.7 Å². The monoisotopic (exact) mass is 226 g/mol. The highest BCUT2D eigenvalue weighted by Gasteiger charge is 1.82. The average molecular weight is 226 g/mol. The molecule has 0 rings (SSSR count). The molecular weight excluding hydrogens is 212 g/mol. The molecule has 0 aliphatic heterocycles. The summed E-state index contributed by atoms with van der Waals surface area (Å²) in [6, 6.07) is 0. The molecule has 13 heavy (non-hydrogen) atoms. The van der Waals surface area contributed by atoms with E-state index in [0.29, 0.717) is 6.54 Å². The third-order valence-corrected chi connectivity index (χ3v) is 0.556. The van der Waals surface area contributed by atoms with Crippen LogP contribution >= 0.6 is 25.3 Å². The van der Waals surface area contributed by atoms with Gasteiger partial charge in [-0.2, -0.15) is 0 Å². The van der Waals surface area contributed by atoms with Crippen LogP contribution in [0.1, 0.15) is 0 Å². The summed E-state index contributed by atoms with van der Waals surface area (Å²) in [5.41, 5.74) is 4.34. The third-order valence-electron chi connectivity index (χ3n) is 0.398. The Morgan fingerprint density at radius 2 is 1.85 bits per heavy atom. The van der Waals surface area contributed by atoms with Crippen molar-refractivity contribution in [2.75, 3.05) is 13.7 Å². The highest BCUT2D eigenvalue weighted by atomic mass is 32.1. The molecule has 0 heterocycles. The lowest BCUT2D eigenvalue weighted by atomic mass is 10.6. The Hall–Kier alpha value is -0.660. The van der Waals surface area contributed by atoms with Gasteiger partial charge in [-0.15, -0.1) is 6.58 Å². The standard InChI is InChI=1S/C4H7NOS.CH3NOS.CH4O/c1-2-3-5-4(6)7;2-1(3)4;1-2/h2H,1,3H2,(H2,5,6,7);(H3,2,3,4);2H,1H3. The van der Waals surface area contributed by atoms with Gasteiger partial charge in [0.25, 0.3) is 10.5 Å². The van der Waals surface area contributed by atoms with Gasteiger partial charge in [-0.1, -0.05) is 31.3 Å². The minimum absolute atomic E-state index is 0.320. The molecule has 0 unspecified atom stereocenters. The van der Waals surface area contributed by atoms with Crippen molar-refractivity contribution in [1.29, 1.82) is 0 Å². The Balaban J connectivity index is -0.000000142. The number of aliphatic hydroxyl groups excluding tert-OH is 1. The predicted molar refractivity (Wildman–Crippen MR) is 59.3 cm³/mol. The highest BCUT2D eigenvalue weighted by molar-refractivity contribution is 7.96. The van der Waals surface area contributed by atoms with Crippen LogP contribution in [-0.4, -0.2) is 29.2 Å². The van der Waals surface area contributed by atoms with Crippen LogP contribution in [0.3, 0.4) is 0 Å². The summed E-state index contributed by atoms with van der Waals surface area (Å²) in [7, 11) is 1.00.